The summed E-state index contributed by atoms with van der Waals surface area (Å²) in [6, 6.07) is 27.6. The Bertz CT molecular complexity index is 1770. The number of aryl methyl sites for hydroxylation is 3. The van der Waals surface area contributed by atoms with Crippen LogP contribution in [0.5, 0.6) is 0 Å². The molecule has 0 aromatic heterocycles. The maximum Gasteiger partial charge on any atom is 0.264 e. The number of hydrogen-bond donors (Lipinski definition) is 1. The van der Waals surface area contributed by atoms with E-state index in [2.05, 4.69) is 5.32 Å². The van der Waals surface area contributed by atoms with Crippen LogP contribution >= 0.6 is 11.6 Å². The van der Waals surface area contributed by atoms with E-state index in [1.807, 2.05) is 84.0 Å². The highest BCUT2D eigenvalue weighted by molar-refractivity contribution is 7.92. The summed E-state index contributed by atoms with van der Waals surface area (Å²) in [5, 5.41) is 3.48. The first-order chi connectivity index (χ1) is 21.6. The molecule has 0 aliphatic rings. The van der Waals surface area contributed by atoms with Crippen LogP contribution in [0.4, 0.5) is 5.69 Å². The summed E-state index contributed by atoms with van der Waals surface area (Å²) in [5.41, 5.74) is 3.89. The molecular formula is C37H42ClN3O4S. The van der Waals surface area contributed by atoms with Gasteiger partial charge in [-0.1, -0.05) is 83.9 Å². The topological polar surface area (TPSA) is 86.8 Å². The van der Waals surface area contributed by atoms with Crippen molar-refractivity contribution in [3.05, 3.63) is 130 Å². The number of nitrogens with one attached hydrogen (secondary N) is 1. The van der Waals surface area contributed by atoms with Gasteiger partial charge in [0, 0.05) is 23.5 Å². The van der Waals surface area contributed by atoms with Crippen molar-refractivity contribution < 1.29 is 18.0 Å². The average molecular weight is 660 g/mol. The summed E-state index contributed by atoms with van der Waals surface area (Å²) >= 11 is 6.58. The first-order valence-electron chi connectivity index (χ1n) is 15.2. The lowest BCUT2D eigenvalue weighted by Gasteiger charge is -2.35. The van der Waals surface area contributed by atoms with E-state index in [0.29, 0.717) is 16.3 Å². The van der Waals surface area contributed by atoms with Gasteiger partial charge in [0.2, 0.25) is 11.8 Å². The quantitative estimate of drug-likeness (QED) is 0.188. The van der Waals surface area contributed by atoms with Crippen LogP contribution in [0, 0.1) is 20.8 Å². The molecule has 7 nitrogen and oxygen atoms in total. The van der Waals surface area contributed by atoms with E-state index >= 15 is 0 Å². The van der Waals surface area contributed by atoms with E-state index in [1.54, 1.807) is 54.6 Å². The molecule has 4 aromatic rings. The number of hydrogen-bond acceptors (Lipinski definition) is 4. The number of anilines is 1. The van der Waals surface area contributed by atoms with E-state index < -0.39 is 34.1 Å². The minimum Gasteiger partial charge on any atom is -0.350 e. The van der Waals surface area contributed by atoms with E-state index in [9.17, 15) is 18.0 Å². The molecule has 4 rings (SSSR count). The Hall–Kier alpha value is -4.14. The summed E-state index contributed by atoms with van der Waals surface area (Å²) in [7, 11) is -4.19. The van der Waals surface area contributed by atoms with Crippen molar-refractivity contribution in [1.82, 2.24) is 10.2 Å². The largest absolute Gasteiger partial charge is 0.350 e. The van der Waals surface area contributed by atoms with Gasteiger partial charge in [0.1, 0.15) is 12.6 Å². The van der Waals surface area contributed by atoms with Crippen molar-refractivity contribution in [1.29, 1.82) is 0 Å². The van der Waals surface area contributed by atoms with Gasteiger partial charge in [-0.05, 0) is 94.1 Å². The van der Waals surface area contributed by atoms with Crippen LogP contribution in [0.1, 0.15) is 48.6 Å². The third kappa shape index (κ3) is 8.98. The number of rotatable bonds is 11. The lowest BCUT2D eigenvalue weighted by molar-refractivity contribution is -0.140. The Morgan fingerprint density at radius 3 is 1.98 bits per heavy atom. The predicted molar refractivity (Wildman–Crippen MR) is 185 cm³/mol. The van der Waals surface area contributed by atoms with Crippen LogP contribution < -0.4 is 9.62 Å². The van der Waals surface area contributed by atoms with Crippen LogP contribution in [0.3, 0.4) is 0 Å². The van der Waals surface area contributed by atoms with Gasteiger partial charge >= 0.3 is 0 Å². The molecule has 0 saturated carbocycles. The van der Waals surface area contributed by atoms with Crippen LogP contribution in [0.25, 0.3) is 0 Å². The second-order valence-corrected chi connectivity index (χ2v) is 15.0. The second-order valence-electron chi connectivity index (χ2n) is 12.7. The monoisotopic (exact) mass is 659 g/mol. The highest BCUT2D eigenvalue weighted by Crippen LogP contribution is 2.28. The van der Waals surface area contributed by atoms with Crippen molar-refractivity contribution in [2.75, 3.05) is 10.8 Å². The van der Waals surface area contributed by atoms with Gasteiger partial charge in [-0.25, -0.2) is 8.42 Å². The first-order valence-corrected chi connectivity index (χ1v) is 17.0. The molecule has 0 spiro atoms. The van der Waals surface area contributed by atoms with Crippen LogP contribution in [-0.2, 0) is 32.6 Å². The fourth-order valence-corrected chi connectivity index (χ4v) is 6.87. The van der Waals surface area contributed by atoms with Crippen LogP contribution in [-0.4, -0.2) is 43.3 Å². The van der Waals surface area contributed by atoms with Crippen molar-refractivity contribution in [2.24, 2.45) is 0 Å². The number of halogens is 1. The summed E-state index contributed by atoms with van der Waals surface area (Å²) in [6.07, 6.45) is 0.215. The van der Waals surface area contributed by atoms with Gasteiger partial charge in [0.15, 0.2) is 0 Å². The zero-order chi connectivity index (χ0) is 33.6. The molecule has 0 aliphatic heterocycles. The number of sulfonamides is 1. The van der Waals surface area contributed by atoms with Gasteiger partial charge in [-0.3, -0.25) is 13.9 Å². The standard InChI is InChI=1S/C37H42ClN3O4S/c1-26-16-18-32(19-17-26)46(44,45)41(31-21-27(2)20-28(3)22-31)25-35(42)40(24-30-14-10-11-15-33(30)38)34(36(43)39-37(4,5)6)23-29-12-8-7-9-13-29/h7-22,34H,23-25H2,1-6H3,(H,39,43)/t34-/m0/s1. The molecule has 0 radical (unpaired) electrons. The summed E-state index contributed by atoms with van der Waals surface area (Å²) < 4.78 is 29.7. The predicted octanol–water partition coefficient (Wildman–Crippen LogP) is 7.02. The molecule has 0 unspecified atom stereocenters. The Kier molecular flexibility index (Phi) is 11.0. The maximum atomic E-state index is 14.6. The van der Waals surface area contributed by atoms with Gasteiger partial charge in [-0.15, -0.1) is 0 Å². The number of carbonyl (C=O) groups excluding carboxylic acids is 2. The Labute approximate surface area is 278 Å². The zero-order valence-corrected chi connectivity index (χ0v) is 28.8. The lowest BCUT2D eigenvalue weighted by atomic mass is 10.0. The smallest absolute Gasteiger partial charge is 0.264 e. The second kappa shape index (κ2) is 14.5. The normalized spacial score (nSPS) is 12.3. The molecule has 2 amide bonds. The first kappa shape index (κ1) is 34.7. The van der Waals surface area contributed by atoms with Crippen molar-refractivity contribution >= 4 is 39.1 Å². The van der Waals surface area contributed by atoms with Crippen molar-refractivity contribution in [2.45, 2.75) is 71.0 Å². The minimum atomic E-state index is -4.19. The maximum absolute atomic E-state index is 14.6. The van der Waals surface area contributed by atoms with Crippen LogP contribution in [0.15, 0.2) is 102 Å². The molecule has 1 N–H and O–H groups in total. The SMILES string of the molecule is Cc1ccc(S(=O)(=O)N(CC(=O)N(Cc2ccccc2Cl)[C@@H](Cc2ccccc2)C(=O)NC(C)(C)C)c2cc(C)cc(C)c2)cc1. The Balaban J connectivity index is 1.85. The molecule has 9 heteroatoms. The fourth-order valence-electron chi connectivity index (χ4n) is 5.28. The van der Waals surface area contributed by atoms with E-state index in [1.165, 1.54) is 4.90 Å². The zero-order valence-electron chi connectivity index (χ0n) is 27.2. The van der Waals surface area contributed by atoms with Gasteiger partial charge in [0.05, 0.1) is 10.6 Å². The molecule has 0 heterocycles. The van der Waals surface area contributed by atoms with Crippen molar-refractivity contribution in [3.8, 4) is 0 Å². The number of benzene rings is 4. The summed E-state index contributed by atoms with van der Waals surface area (Å²) in [4.78, 5) is 30.2. The molecule has 1 atom stereocenters. The Morgan fingerprint density at radius 1 is 0.804 bits per heavy atom. The molecular weight excluding hydrogens is 618 g/mol. The van der Waals surface area contributed by atoms with E-state index in [4.69, 9.17) is 11.6 Å². The summed E-state index contributed by atoms with van der Waals surface area (Å²) in [6.45, 7) is 10.7. The third-order valence-electron chi connectivity index (χ3n) is 7.45. The molecule has 0 bridgehead atoms. The molecule has 0 saturated heterocycles. The van der Waals surface area contributed by atoms with E-state index in [0.717, 1.165) is 26.6 Å². The van der Waals surface area contributed by atoms with Crippen LogP contribution in [0.2, 0.25) is 5.02 Å². The van der Waals surface area contributed by atoms with Gasteiger partial charge in [0.25, 0.3) is 10.0 Å². The molecule has 0 fully saturated rings. The van der Waals surface area contributed by atoms with E-state index in [-0.39, 0.29) is 23.8 Å². The van der Waals surface area contributed by atoms with Gasteiger partial charge in [-0.2, -0.15) is 0 Å². The average Bonchev–Trinajstić information content (AvgIpc) is 2.97. The van der Waals surface area contributed by atoms with Gasteiger partial charge < -0.3 is 10.2 Å². The molecule has 0 aliphatic carbocycles. The molecule has 242 valence electrons. The highest BCUT2D eigenvalue weighted by atomic mass is 35.5. The fraction of sp³-hybridized carbons (Fsp3) is 0.297. The molecule has 4 aromatic carbocycles. The number of amides is 2. The number of carbonyl (C=O) groups is 2. The van der Waals surface area contributed by atoms with Crippen molar-refractivity contribution in [3.63, 3.8) is 0 Å². The third-order valence-corrected chi connectivity index (χ3v) is 9.61. The summed E-state index contributed by atoms with van der Waals surface area (Å²) in [5.74, 6) is -0.893. The molecule has 46 heavy (non-hydrogen) atoms. The number of nitrogens with zero attached hydrogens (tertiary/aromatic N) is 2. The highest BCUT2D eigenvalue weighted by Gasteiger charge is 2.36. The lowest BCUT2D eigenvalue weighted by Crippen LogP contribution is -2.56. The minimum absolute atomic E-state index is 0.00116. The Morgan fingerprint density at radius 2 is 1.39 bits per heavy atom.